The van der Waals surface area contributed by atoms with Gasteiger partial charge in [0.2, 0.25) is 0 Å². The van der Waals surface area contributed by atoms with Crippen molar-refractivity contribution in [1.29, 1.82) is 0 Å². The third-order valence-electron chi connectivity index (χ3n) is 3.30. The van der Waals surface area contributed by atoms with E-state index in [2.05, 4.69) is 20.6 Å². The molecular formula is C18H16N4O4. The molecule has 3 rings (SSSR count). The fraction of sp³-hybridized carbons (Fsp3) is 0.111. The van der Waals surface area contributed by atoms with Crippen LogP contribution < -0.4 is 15.4 Å². The smallest absolute Gasteiger partial charge is 0.302 e. The minimum Gasteiger partial charge on any atom is -0.492 e. The summed E-state index contributed by atoms with van der Waals surface area (Å²) in [7, 11) is 0. The molecule has 0 aliphatic heterocycles. The van der Waals surface area contributed by atoms with Crippen LogP contribution in [0, 0.1) is 0 Å². The van der Waals surface area contributed by atoms with E-state index in [1.807, 2.05) is 30.3 Å². The standard InChI is InChI=1S/C18H16N4O4/c23-16(13-6-8-19-9-7-13)22-18-21-15(12-26-18)17(24)20-10-11-25-14-4-2-1-3-5-14/h1-9,12H,10-11H2,(H,20,24)(H,21,22,23). The lowest BCUT2D eigenvalue weighted by Gasteiger charge is -2.06. The highest BCUT2D eigenvalue weighted by atomic mass is 16.5. The zero-order valence-corrected chi connectivity index (χ0v) is 13.7. The second-order valence-electron chi connectivity index (χ2n) is 5.15. The van der Waals surface area contributed by atoms with E-state index in [4.69, 9.17) is 9.15 Å². The van der Waals surface area contributed by atoms with Gasteiger partial charge in [0.25, 0.3) is 11.8 Å². The Morgan fingerprint density at radius 3 is 2.58 bits per heavy atom. The Morgan fingerprint density at radius 1 is 1.04 bits per heavy atom. The van der Waals surface area contributed by atoms with E-state index < -0.39 is 11.8 Å². The van der Waals surface area contributed by atoms with E-state index in [1.54, 1.807) is 12.1 Å². The molecule has 2 heterocycles. The highest BCUT2D eigenvalue weighted by Gasteiger charge is 2.14. The van der Waals surface area contributed by atoms with Gasteiger partial charge in [-0.1, -0.05) is 18.2 Å². The number of ether oxygens (including phenoxy) is 1. The molecular weight excluding hydrogens is 336 g/mol. The minimum absolute atomic E-state index is 0.0579. The lowest BCUT2D eigenvalue weighted by atomic mass is 10.2. The van der Waals surface area contributed by atoms with Gasteiger partial charge in [-0.15, -0.1) is 0 Å². The first-order valence-electron chi connectivity index (χ1n) is 7.85. The van der Waals surface area contributed by atoms with Gasteiger partial charge < -0.3 is 14.5 Å². The van der Waals surface area contributed by atoms with Crippen molar-refractivity contribution in [2.45, 2.75) is 0 Å². The molecule has 2 N–H and O–H groups in total. The Balaban J connectivity index is 1.46. The Hall–Kier alpha value is -3.68. The number of hydrogen-bond donors (Lipinski definition) is 2. The topological polar surface area (TPSA) is 106 Å². The summed E-state index contributed by atoms with van der Waals surface area (Å²) in [5, 5.41) is 5.13. The zero-order chi connectivity index (χ0) is 18.2. The van der Waals surface area contributed by atoms with Crippen LogP contribution in [0.4, 0.5) is 6.01 Å². The largest absolute Gasteiger partial charge is 0.492 e. The molecule has 2 aromatic heterocycles. The summed E-state index contributed by atoms with van der Waals surface area (Å²) in [4.78, 5) is 31.8. The molecule has 0 aliphatic rings. The number of pyridine rings is 1. The van der Waals surface area contributed by atoms with Crippen molar-refractivity contribution in [3.05, 3.63) is 72.4 Å². The van der Waals surface area contributed by atoms with Crippen LogP contribution >= 0.6 is 0 Å². The normalized spacial score (nSPS) is 10.2. The number of benzene rings is 1. The van der Waals surface area contributed by atoms with Gasteiger partial charge in [-0.05, 0) is 24.3 Å². The predicted molar refractivity (Wildman–Crippen MR) is 93.0 cm³/mol. The predicted octanol–water partition coefficient (Wildman–Crippen LogP) is 2.13. The Bertz CT molecular complexity index is 865. The molecule has 2 amide bonds. The summed E-state index contributed by atoms with van der Waals surface area (Å²) >= 11 is 0. The Morgan fingerprint density at radius 2 is 1.81 bits per heavy atom. The summed E-state index contributed by atoms with van der Waals surface area (Å²) in [6.45, 7) is 0.624. The average Bonchev–Trinajstić information content (AvgIpc) is 3.15. The van der Waals surface area contributed by atoms with Crippen LogP contribution in [0.15, 0.2) is 65.5 Å². The van der Waals surface area contributed by atoms with Gasteiger partial charge in [-0.2, -0.15) is 4.98 Å². The second kappa shape index (κ2) is 8.43. The van der Waals surface area contributed by atoms with Crippen molar-refractivity contribution >= 4 is 17.8 Å². The van der Waals surface area contributed by atoms with Crippen molar-refractivity contribution in [2.75, 3.05) is 18.5 Å². The number of anilines is 1. The van der Waals surface area contributed by atoms with Gasteiger partial charge in [0, 0.05) is 18.0 Å². The molecule has 0 fully saturated rings. The lowest BCUT2D eigenvalue weighted by molar-refractivity contribution is 0.0941. The van der Waals surface area contributed by atoms with Crippen LogP contribution in [-0.2, 0) is 0 Å². The third kappa shape index (κ3) is 4.67. The number of carbonyl (C=O) groups is 2. The van der Waals surface area contributed by atoms with E-state index in [9.17, 15) is 9.59 Å². The SMILES string of the molecule is O=C(Nc1nc(C(=O)NCCOc2ccccc2)co1)c1ccncc1. The molecule has 26 heavy (non-hydrogen) atoms. The van der Waals surface area contributed by atoms with Gasteiger partial charge in [-0.25, -0.2) is 0 Å². The molecule has 1 aromatic carbocycles. The monoisotopic (exact) mass is 352 g/mol. The molecule has 0 spiro atoms. The molecule has 0 atom stereocenters. The highest BCUT2D eigenvalue weighted by Crippen LogP contribution is 2.10. The Labute approximate surface area is 149 Å². The fourth-order valence-electron chi connectivity index (χ4n) is 2.05. The molecule has 3 aromatic rings. The first kappa shape index (κ1) is 17.2. The van der Waals surface area contributed by atoms with Crippen LogP contribution in [-0.4, -0.2) is 34.9 Å². The quantitative estimate of drug-likeness (QED) is 0.631. The third-order valence-corrected chi connectivity index (χ3v) is 3.30. The summed E-state index contributed by atoms with van der Waals surface area (Å²) in [5.74, 6) is -0.100. The van der Waals surface area contributed by atoms with Gasteiger partial charge in [0.1, 0.15) is 18.6 Å². The fourth-order valence-corrected chi connectivity index (χ4v) is 2.05. The maximum Gasteiger partial charge on any atom is 0.302 e. The van der Waals surface area contributed by atoms with Crippen molar-refractivity contribution in [1.82, 2.24) is 15.3 Å². The number of nitrogens with zero attached hydrogens (tertiary/aromatic N) is 2. The maximum atomic E-state index is 12.0. The molecule has 8 heteroatoms. The molecule has 0 saturated heterocycles. The van der Waals surface area contributed by atoms with Crippen molar-refractivity contribution < 1.29 is 18.7 Å². The van der Waals surface area contributed by atoms with Gasteiger partial charge in [0.15, 0.2) is 5.69 Å². The number of aromatic nitrogens is 2. The van der Waals surface area contributed by atoms with Crippen LogP contribution in [0.1, 0.15) is 20.8 Å². The Kier molecular flexibility index (Phi) is 5.56. The summed E-state index contributed by atoms with van der Waals surface area (Å²) in [6, 6.07) is 12.3. The number of rotatable bonds is 7. The molecule has 0 saturated carbocycles. The summed E-state index contributed by atoms with van der Waals surface area (Å²) in [5.41, 5.74) is 0.469. The first-order valence-corrected chi connectivity index (χ1v) is 7.85. The summed E-state index contributed by atoms with van der Waals surface area (Å²) < 4.78 is 10.6. The molecule has 0 bridgehead atoms. The van der Waals surface area contributed by atoms with Crippen molar-refractivity contribution in [2.24, 2.45) is 0 Å². The molecule has 8 nitrogen and oxygen atoms in total. The van der Waals surface area contributed by atoms with Crippen LogP contribution in [0.25, 0.3) is 0 Å². The highest BCUT2D eigenvalue weighted by molar-refractivity contribution is 6.03. The van der Waals surface area contributed by atoms with Gasteiger partial charge in [0.05, 0.1) is 6.54 Å². The van der Waals surface area contributed by atoms with Crippen LogP contribution in [0.5, 0.6) is 5.75 Å². The van der Waals surface area contributed by atoms with Gasteiger partial charge in [-0.3, -0.25) is 19.9 Å². The lowest BCUT2D eigenvalue weighted by Crippen LogP contribution is -2.28. The van der Waals surface area contributed by atoms with Gasteiger partial charge >= 0.3 is 6.01 Å². The maximum absolute atomic E-state index is 12.0. The van der Waals surface area contributed by atoms with E-state index in [0.717, 1.165) is 5.75 Å². The summed E-state index contributed by atoms with van der Waals surface area (Å²) in [6.07, 6.45) is 4.18. The molecule has 0 unspecified atom stereocenters. The van der Waals surface area contributed by atoms with Crippen molar-refractivity contribution in [3.8, 4) is 5.75 Å². The number of nitrogens with one attached hydrogen (secondary N) is 2. The molecule has 132 valence electrons. The first-order chi connectivity index (χ1) is 12.7. The number of hydrogen-bond acceptors (Lipinski definition) is 6. The van der Waals surface area contributed by atoms with E-state index in [-0.39, 0.29) is 11.7 Å². The van der Waals surface area contributed by atoms with Crippen LogP contribution in [0.2, 0.25) is 0 Å². The molecule has 0 radical (unpaired) electrons. The van der Waals surface area contributed by atoms with E-state index >= 15 is 0 Å². The second-order valence-corrected chi connectivity index (χ2v) is 5.15. The zero-order valence-electron chi connectivity index (χ0n) is 13.7. The minimum atomic E-state index is -0.421. The van der Waals surface area contributed by atoms with E-state index in [0.29, 0.717) is 18.7 Å². The van der Waals surface area contributed by atoms with E-state index in [1.165, 1.54) is 18.7 Å². The van der Waals surface area contributed by atoms with Crippen molar-refractivity contribution in [3.63, 3.8) is 0 Å². The number of amides is 2. The number of carbonyl (C=O) groups excluding carboxylic acids is 2. The average molecular weight is 352 g/mol. The number of oxazole rings is 1. The number of para-hydroxylation sites is 1. The van der Waals surface area contributed by atoms with Crippen LogP contribution in [0.3, 0.4) is 0 Å². The molecule has 0 aliphatic carbocycles.